The van der Waals surface area contributed by atoms with Gasteiger partial charge in [0.1, 0.15) is 0 Å². The molecule has 1 aromatic heterocycles. The Balaban J connectivity index is 2.69. The zero-order chi connectivity index (χ0) is 11.0. The Morgan fingerprint density at radius 3 is 2.93 bits per heavy atom. The van der Waals surface area contributed by atoms with E-state index in [1.807, 2.05) is 25.1 Å². The Bertz CT molecular complexity index is 535. The lowest BCUT2D eigenvalue weighted by molar-refractivity contribution is 0.0957. The Kier molecular flexibility index (Phi) is 2.65. The summed E-state index contributed by atoms with van der Waals surface area (Å²) in [5, 5.41) is 1.68. The van der Waals surface area contributed by atoms with Crippen LogP contribution in [0.1, 0.15) is 15.2 Å². The van der Waals surface area contributed by atoms with Crippen LogP contribution >= 0.6 is 22.9 Å². The molecule has 2 aromatic rings. The van der Waals surface area contributed by atoms with Crippen LogP contribution in [0.5, 0.6) is 0 Å². The molecule has 3 nitrogen and oxygen atoms in total. The quantitative estimate of drug-likeness (QED) is 0.457. The molecule has 1 amide bonds. The molecule has 0 saturated heterocycles. The highest BCUT2D eigenvalue weighted by molar-refractivity contribution is 7.21. The van der Waals surface area contributed by atoms with Gasteiger partial charge in [-0.25, -0.2) is 5.84 Å². The van der Waals surface area contributed by atoms with E-state index in [9.17, 15) is 4.79 Å². The fourth-order valence-electron chi connectivity index (χ4n) is 1.48. The van der Waals surface area contributed by atoms with Crippen molar-refractivity contribution in [1.82, 2.24) is 5.43 Å². The van der Waals surface area contributed by atoms with Gasteiger partial charge in [-0.15, -0.1) is 11.3 Å². The van der Waals surface area contributed by atoms with E-state index in [2.05, 4.69) is 5.43 Å². The average Bonchev–Trinajstić information content (AvgIpc) is 2.55. The number of amides is 1. The van der Waals surface area contributed by atoms with Crippen LogP contribution in [0.25, 0.3) is 10.1 Å². The minimum atomic E-state index is -0.259. The lowest BCUT2D eigenvalue weighted by Crippen LogP contribution is -2.29. The zero-order valence-corrected chi connectivity index (χ0v) is 9.58. The Hall–Kier alpha value is -1.10. The van der Waals surface area contributed by atoms with Crippen LogP contribution in [0.15, 0.2) is 18.2 Å². The molecule has 0 unspecified atom stereocenters. The maximum atomic E-state index is 11.4. The number of hydrogen-bond donors (Lipinski definition) is 2. The lowest BCUT2D eigenvalue weighted by atomic mass is 10.1. The molecule has 0 aliphatic carbocycles. The number of hydrogen-bond acceptors (Lipinski definition) is 3. The number of hydrazine groups is 1. The van der Waals surface area contributed by atoms with Gasteiger partial charge in [0.2, 0.25) is 0 Å². The third-order valence-electron chi connectivity index (χ3n) is 2.24. The first kappa shape index (κ1) is 10.4. The molecule has 1 aromatic carbocycles. The van der Waals surface area contributed by atoms with Crippen molar-refractivity contribution >= 4 is 38.9 Å². The van der Waals surface area contributed by atoms with Crippen LogP contribution in [0.2, 0.25) is 5.02 Å². The van der Waals surface area contributed by atoms with E-state index < -0.39 is 0 Å². The van der Waals surface area contributed by atoms with Crippen molar-refractivity contribution in [3.63, 3.8) is 0 Å². The van der Waals surface area contributed by atoms with E-state index in [-0.39, 0.29) is 5.91 Å². The van der Waals surface area contributed by atoms with Crippen molar-refractivity contribution in [2.45, 2.75) is 6.92 Å². The molecule has 2 rings (SSSR count). The number of benzene rings is 1. The number of carbonyl (C=O) groups is 1. The van der Waals surface area contributed by atoms with Gasteiger partial charge in [0.05, 0.1) is 4.88 Å². The third kappa shape index (κ3) is 1.71. The smallest absolute Gasteiger partial charge is 0.275 e. The van der Waals surface area contributed by atoms with E-state index in [4.69, 9.17) is 17.4 Å². The van der Waals surface area contributed by atoms with Gasteiger partial charge >= 0.3 is 0 Å². The summed E-state index contributed by atoms with van der Waals surface area (Å²) >= 11 is 7.31. The van der Waals surface area contributed by atoms with Gasteiger partial charge in [-0.1, -0.05) is 11.6 Å². The number of nitrogens with one attached hydrogen (secondary N) is 1. The van der Waals surface area contributed by atoms with Crippen molar-refractivity contribution in [1.29, 1.82) is 0 Å². The number of halogens is 1. The van der Waals surface area contributed by atoms with Gasteiger partial charge in [-0.3, -0.25) is 10.2 Å². The molecular formula is C10H9ClN2OS. The zero-order valence-electron chi connectivity index (χ0n) is 8.00. The third-order valence-corrected chi connectivity index (χ3v) is 3.74. The molecule has 0 spiro atoms. The van der Waals surface area contributed by atoms with Crippen molar-refractivity contribution < 1.29 is 4.79 Å². The number of nitrogens with two attached hydrogens (primary N) is 1. The maximum absolute atomic E-state index is 11.4. The summed E-state index contributed by atoms with van der Waals surface area (Å²) in [6.07, 6.45) is 0. The summed E-state index contributed by atoms with van der Waals surface area (Å²) in [6, 6.07) is 5.57. The summed E-state index contributed by atoms with van der Waals surface area (Å²) in [7, 11) is 0. The second-order valence-electron chi connectivity index (χ2n) is 3.17. The summed E-state index contributed by atoms with van der Waals surface area (Å²) in [5.41, 5.74) is 3.05. The Labute approximate surface area is 95.8 Å². The fourth-order valence-corrected chi connectivity index (χ4v) is 2.74. The molecule has 15 heavy (non-hydrogen) atoms. The van der Waals surface area contributed by atoms with E-state index in [1.54, 1.807) is 0 Å². The Morgan fingerprint density at radius 1 is 1.53 bits per heavy atom. The molecule has 0 atom stereocenters. The van der Waals surface area contributed by atoms with E-state index in [1.165, 1.54) is 11.3 Å². The van der Waals surface area contributed by atoms with Gasteiger partial charge in [0, 0.05) is 9.72 Å². The van der Waals surface area contributed by atoms with Crippen molar-refractivity contribution in [3.05, 3.63) is 33.7 Å². The standard InChI is InChI=1S/C10H9ClN2OS/c1-5-7-4-6(11)2-3-8(7)15-9(5)10(14)13-12/h2-4H,12H2,1H3,(H,13,14). The highest BCUT2D eigenvalue weighted by atomic mass is 35.5. The van der Waals surface area contributed by atoms with Gasteiger partial charge in [0.15, 0.2) is 0 Å². The van der Waals surface area contributed by atoms with Crippen molar-refractivity contribution in [2.24, 2.45) is 5.84 Å². The maximum Gasteiger partial charge on any atom is 0.275 e. The molecule has 0 aliphatic heterocycles. The molecule has 78 valence electrons. The summed E-state index contributed by atoms with van der Waals surface area (Å²) in [6.45, 7) is 1.89. The second-order valence-corrected chi connectivity index (χ2v) is 4.66. The summed E-state index contributed by atoms with van der Waals surface area (Å²) in [5.74, 6) is 4.85. The molecular weight excluding hydrogens is 232 g/mol. The van der Waals surface area contributed by atoms with Crippen LogP contribution in [0, 0.1) is 6.92 Å². The average molecular weight is 241 g/mol. The van der Waals surface area contributed by atoms with Gasteiger partial charge in [-0.2, -0.15) is 0 Å². The normalized spacial score (nSPS) is 10.6. The first-order valence-electron chi connectivity index (χ1n) is 4.33. The molecule has 0 aliphatic rings. The van der Waals surface area contributed by atoms with E-state index >= 15 is 0 Å². The molecule has 0 bridgehead atoms. The van der Waals surface area contributed by atoms with Gasteiger partial charge in [0.25, 0.3) is 5.91 Å². The molecule has 0 radical (unpaired) electrons. The number of fused-ring (bicyclic) bond motifs is 1. The van der Waals surface area contributed by atoms with Crippen molar-refractivity contribution in [3.8, 4) is 0 Å². The predicted octanol–water partition coefficient (Wildman–Crippen LogP) is 2.47. The van der Waals surface area contributed by atoms with Crippen molar-refractivity contribution in [2.75, 3.05) is 0 Å². The van der Waals surface area contributed by atoms with Crippen LogP contribution in [0.4, 0.5) is 0 Å². The fraction of sp³-hybridized carbons (Fsp3) is 0.100. The number of aryl methyl sites for hydroxylation is 1. The van der Waals surface area contributed by atoms with Crippen LogP contribution in [-0.4, -0.2) is 5.91 Å². The predicted molar refractivity (Wildman–Crippen MR) is 63.2 cm³/mol. The number of nitrogen functional groups attached to an aromatic ring is 1. The highest BCUT2D eigenvalue weighted by Gasteiger charge is 2.14. The van der Waals surface area contributed by atoms with Gasteiger partial charge in [-0.05, 0) is 36.1 Å². The largest absolute Gasteiger partial charge is 0.289 e. The molecule has 0 saturated carbocycles. The van der Waals surface area contributed by atoms with Crippen LogP contribution in [-0.2, 0) is 0 Å². The highest BCUT2D eigenvalue weighted by Crippen LogP contribution is 2.32. The number of thiophene rings is 1. The number of carbonyl (C=O) groups excluding carboxylic acids is 1. The molecule has 1 heterocycles. The molecule has 5 heteroatoms. The van der Waals surface area contributed by atoms with E-state index in [0.29, 0.717) is 9.90 Å². The molecule has 0 fully saturated rings. The van der Waals surface area contributed by atoms with Crippen LogP contribution < -0.4 is 11.3 Å². The Morgan fingerprint density at radius 2 is 2.27 bits per heavy atom. The van der Waals surface area contributed by atoms with E-state index in [0.717, 1.165) is 15.6 Å². The second kappa shape index (κ2) is 3.81. The lowest BCUT2D eigenvalue weighted by Gasteiger charge is -1.96. The number of rotatable bonds is 1. The minimum absolute atomic E-state index is 0.259. The first-order chi connectivity index (χ1) is 7.13. The monoisotopic (exact) mass is 240 g/mol. The van der Waals surface area contributed by atoms with Gasteiger partial charge < -0.3 is 0 Å². The minimum Gasteiger partial charge on any atom is -0.289 e. The molecule has 3 N–H and O–H groups in total. The van der Waals surface area contributed by atoms with Crippen LogP contribution in [0.3, 0.4) is 0 Å². The SMILES string of the molecule is Cc1c(C(=O)NN)sc2ccc(Cl)cc12. The summed E-state index contributed by atoms with van der Waals surface area (Å²) in [4.78, 5) is 12.1. The topological polar surface area (TPSA) is 55.1 Å². The summed E-state index contributed by atoms with van der Waals surface area (Å²) < 4.78 is 1.04. The first-order valence-corrected chi connectivity index (χ1v) is 5.52.